The number of hydrogen-bond donors (Lipinski definition) is 0. The van der Waals surface area contributed by atoms with E-state index < -0.39 is 20.2 Å². The predicted molar refractivity (Wildman–Crippen MR) is 121 cm³/mol. The molecule has 1 aliphatic heterocycles. The fourth-order valence-electron chi connectivity index (χ4n) is 3.52. The second-order valence-electron chi connectivity index (χ2n) is 7.86. The van der Waals surface area contributed by atoms with E-state index in [1.165, 1.54) is 27.0 Å². The molecule has 1 saturated heterocycles. The number of hydrogen-bond acceptors (Lipinski definition) is 5. The van der Waals surface area contributed by atoms with Crippen molar-refractivity contribution >= 4 is 20.2 Å². The fourth-order valence-corrected chi connectivity index (χ4v) is 5.83. The first-order chi connectivity index (χ1) is 14.6. The highest BCUT2D eigenvalue weighted by Crippen LogP contribution is 2.20. The zero-order chi connectivity index (χ0) is 22.6. The van der Waals surface area contributed by atoms with E-state index in [2.05, 4.69) is 4.90 Å². The average Bonchev–Trinajstić information content (AvgIpc) is 2.75. The lowest BCUT2D eigenvalue weighted by molar-refractivity contribution is 0.177. The molecule has 1 aliphatic rings. The van der Waals surface area contributed by atoms with E-state index in [0.717, 1.165) is 11.1 Å². The van der Waals surface area contributed by atoms with Gasteiger partial charge in [-0.3, -0.25) is 4.90 Å². The third-order valence-electron chi connectivity index (χ3n) is 5.38. The zero-order valence-electron chi connectivity index (χ0n) is 18.2. The van der Waals surface area contributed by atoms with Gasteiger partial charge in [0.1, 0.15) is 0 Å². The SMILES string of the molecule is CN(Cc1ccccc1)S(=O)(=O)c1cccc(CN2CCN(S(=O)(=O)N(C)C)CC2)c1. The van der Waals surface area contributed by atoms with Crippen LogP contribution in [-0.2, 0) is 33.3 Å². The molecule has 1 heterocycles. The van der Waals surface area contributed by atoms with Crippen LogP contribution >= 0.6 is 0 Å². The first-order valence-corrected chi connectivity index (χ1v) is 12.9. The van der Waals surface area contributed by atoms with Gasteiger partial charge >= 0.3 is 0 Å². The fraction of sp³-hybridized carbons (Fsp3) is 0.429. The summed E-state index contributed by atoms with van der Waals surface area (Å²) in [7, 11) is -2.38. The van der Waals surface area contributed by atoms with Crippen LogP contribution in [0.3, 0.4) is 0 Å². The Morgan fingerprint density at radius 2 is 1.42 bits per heavy atom. The first kappa shape index (κ1) is 23.8. The molecule has 31 heavy (non-hydrogen) atoms. The molecule has 0 aliphatic carbocycles. The molecule has 0 saturated carbocycles. The molecule has 170 valence electrons. The van der Waals surface area contributed by atoms with Gasteiger partial charge in [0.2, 0.25) is 10.0 Å². The topological polar surface area (TPSA) is 81.2 Å². The van der Waals surface area contributed by atoms with Gasteiger partial charge in [0.25, 0.3) is 10.2 Å². The number of benzene rings is 2. The molecule has 3 rings (SSSR count). The maximum absolute atomic E-state index is 13.0. The van der Waals surface area contributed by atoms with Gasteiger partial charge in [-0.25, -0.2) is 8.42 Å². The molecule has 0 atom stereocenters. The minimum Gasteiger partial charge on any atom is -0.296 e. The van der Waals surface area contributed by atoms with Crippen molar-refractivity contribution in [1.82, 2.24) is 17.8 Å². The third kappa shape index (κ3) is 5.71. The van der Waals surface area contributed by atoms with Crippen LogP contribution in [0, 0.1) is 0 Å². The minimum absolute atomic E-state index is 0.261. The molecule has 0 radical (unpaired) electrons. The molecule has 0 aromatic heterocycles. The van der Waals surface area contributed by atoms with Crippen molar-refractivity contribution in [1.29, 1.82) is 0 Å². The summed E-state index contributed by atoms with van der Waals surface area (Å²) in [6, 6.07) is 16.5. The average molecular weight is 467 g/mol. The van der Waals surface area contributed by atoms with Crippen molar-refractivity contribution in [3.05, 3.63) is 65.7 Å². The second kappa shape index (κ2) is 9.76. The molecule has 2 aromatic carbocycles. The van der Waals surface area contributed by atoms with Gasteiger partial charge in [-0.1, -0.05) is 42.5 Å². The summed E-state index contributed by atoms with van der Waals surface area (Å²) in [4.78, 5) is 2.40. The van der Waals surface area contributed by atoms with Crippen molar-refractivity contribution in [2.45, 2.75) is 18.0 Å². The van der Waals surface area contributed by atoms with Crippen LogP contribution in [0.5, 0.6) is 0 Å². The minimum atomic E-state index is -3.62. The monoisotopic (exact) mass is 466 g/mol. The Hall–Kier alpha value is -1.82. The summed E-state index contributed by atoms with van der Waals surface area (Å²) < 4.78 is 54.6. The molecule has 1 fully saturated rings. The van der Waals surface area contributed by atoms with Gasteiger partial charge in [0.05, 0.1) is 4.90 Å². The van der Waals surface area contributed by atoms with E-state index in [1.54, 1.807) is 25.2 Å². The molecule has 0 N–H and O–H groups in total. The van der Waals surface area contributed by atoms with E-state index in [4.69, 9.17) is 0 Å². The van der Waals surface area contributed by atoms with Crippen molar-refractivity contribution < 1.29 is 16.8 Å². The standard InChI is InChI=1S/C21H30N4O4S2/c1-22(2)31(28,29)25-14-12-24(13-15-25)18-20-10-7-11-21(16-20)30(26,27)23(3)17-19-8-5-4-6-9-19/h4-11,16H,12-15,17-18H2,1-3H3. The Morgan fingerprint density at radius 1 is 0.806 bits per heavy atom. The van der Waals surface area contributed by atoms with Crippen LogP contribution in [0.4, 0.5) is 0 Å². The van der Waals surface area contributed by atoms with E-state index in [-0.39, 0.29) is 4.90 Å². The predicted octanol–water partition coefficient (Wildman–Crippen LogP) is 1.43. The summed E-state index contributed by atoms with van der Waals surface area (Å²) in [5, 5.41) is 0. The van der Waals surface area contributed by atoms with Gasteiger partial charge in [-0.05, 0) is 23.3 Å². The summed E-state index contributed by atoms with van der Waals surface area (Å²) >= 11 is 0. The van der Waals surface area contributed by atoms with E-state index >= 15 is 0 Å². The Labute approximate surface area is 185 Å². The van der Waals surface area contributed by atoms with Gasteiger partial charge in [-0.2, -0.15) is 21.3 Å². The van der Waals surface area contributed by atoms with E-state index in [0.29, 0.717) is 39.3 Å². The molecular weight excluding hydrogens is 436 g/mol. The van der Waals surface area contributed by atoms with Crippen LogP contribution in [-0.4, -0.2) is 82.0 Å². The quantitative estimate of drug-likeness (QED) is 0.588. The lowest BCUT2D eigenvalue weighted by Gasteiger charge is -2.35. The lowest BCUT2D eigenvalue weighted by atomic mass is 10.2. The summed E-state index contributed by atoms with van der Waals surface area (Å²) in [5.74, 6) is 0. The molecule has 0 unspecified atom stereocenters. The number of sulfonamides is 1. The maximum Gasteiger partial charge on any atom is 0.281 e. The summed E-state index contributed by atoms with van der Waals surface area (Å²) in [5.41, 5.74) is 1.81. The number of piperazine rings is 1. The molecule has 10 heteroatoms. The maximum atomic E-state index is 13.0. The van der Waals surface area contributed by atoms with Gasteiger partial charge < -0.3 is 0 Å². The molecule has 2 aromatic rings. The number of rotatable bonds is 8. The highest BCUT2D eigenvalue weighted by atomic mass is 32.2. The van der Waals surface area contributed by atoms with Crippen LogP contribution in [0.25, 0.3) is 0 Å². The molecule has 0 bridgehead atoms. The summed E-state index contributed by atoms with van der Waals surface area (Å²) in [6.07, 6.45) is 0. The van der Waals surface area contributed by atoms with E-state index in [1.807, 2.05) is 36.4 Å². The molecule has 0 amide bonds. The zero-order valence-corrected chi connectivity index (χ0v) is 19.8. The first-order valence-electron chi connectivity index (χ1n) is 10.1. The Balaban J connectivity index is 1.65. The normalized spacial score (nSPS) is 16.8. The van der Waals surface area contributed by atoms with Crippen molar-refractivity contribution in [3.63, 3.8) is 0 Å². The molecule has 0 spiro atoms. The summed E-state index contributed by atoms with van der Waals surface area (Å²) in [6.45, 7) is 2.89. The van der Waals surface area contributed by atoms with Gasteiger partial charge in [0.15, 0.2) is 0 Å². The third-order valence-corrected chi connectivity index (χ3v) is 9.12. The van der Waals surface area contributed by atoms with Crippen molar-refractivity contribution in [3.8, 4) is 0 Å². The Bertz CT molecular complexity index is 1080. The Kier molecular flexibility index (Phi) is 7.51. The lowest BCUT2D eigenvalue weighted by Crippen LogP contribution is -2.51. The van der Waals surface area contributed by atoms with Gasteiger partial charge in [0, 0.05) is 60.4 Å². The van der Waals surface area contributed by atoms with Crippen LogP contribution < -0.4 is 0 Å². The Morgan fingerprint density at radius 3 is 2.03 bits per heavy atom. The number of nitrogens with zero attached hydrogens (tertiary/aromatic N) is 4. The van der Waals surface area contributed by atoms with Crippen LogP contribution in [0.15, 0.2) is 59.5 Å². The van der Waals surface area contributed by atoms with Crippen LogP contribution in [0.1, 0.15) is 11.1 Å². The van der Waals surface area contributed by atoms with Gasteiger partial charge in [-0.15, -0.1) is 0 Å². The van der Waals surface area contributed by atoms with Crippen LogP contribution in [0.2, 0.25) is 0 Å². The van der Waals surface area contributed by atoms with E-state index in [9.17, 15) is 16.8 Å². The highest BCUT2D eigenvalue weighted by Gasteiger charge is 2.28. The van der Waals surface area contributed by atoms with Crippen molar-refractivity contribution in [2.75, 3.05) is 47.3 Å². The molecule has 8 nitrogen and oxygen atoms in total. The smallest absolute Gasteiger partial charge is 0.281 e. The highest BCUT2D eigenvalue weighted by molar-refractivity contribution is 7.89. The van der Waals surface area contributed by atoms with Crippen molar-refractivity contribution in [2.24, 2.45) is 0 Å². The largest absolute Gasteiger partial charge is 0.296 e. The molecular formula is C21H30N4O4S2. The second-order valence-corrected chi connectivity index (χ2v) is 12.0.